The number of halogens is 1. The van der Waals surface area contributed by atoms with Gasteiger partial charge in [-0.1, -0.05) is 17.7 Å². The average molecular weight is 253 g/mol. The van der Waals surface area contributed by atoms with Crippen LogP contribution < -0.4 is 10.6 Å². The lowest BCUT2D eigenvalue weighted by Gasteiger charge is -2.27. The van der Waals surface area contributed by atoms with Gasteiger partial charge in [0, 0.05) is 22.7 Å². The Balaban J connectivity index is 1.96. The Labute approximate surface area is 107 Å². The van der Waals surface area contributed by atoms with E-state index in [4.69, 9.17) is 11.6 Å². The predicted molar refractivity (Wildman–Crippen MR) is 70.3 cm³/mol. The van der Waals surface area contributed by atoms with Gasteiger partial charge in [0.1, 0.15) is 0 Å². The molecule has 3 nitrogen and oxygen atoms in total. The Morgan fingerprint density at radius 1 is 1.53 bits per heavy atom. The van der Waals surface area contributed by atoms with Gasteiger partial charge >= 0.3 is 0 Å². The van der Waals surface area contributed by atoms with Gasteiger partial charge in [-0.2, -0.15) is 0 Å². The number of hydrogen-bond donors (Lipinski definition) is 2. The second-order valence-electron chi connectivity index (χ2n) is 4.58. The van der Waals surface area contributed by atoms with Crippen LogP contribution in [0, 0.1) is 5.92 Å². The molecule has 0 aromatic heterocycles. The largest absolute Gasteiger partial charge is 0.326 e. The smallest absolute Gasteiger partial charge is 0.227 e. The summed E-state index contributed by atoms with van der Waals surface area (Å²) in [6, 6.07) is 7.67. The summed E-state index contributed by atoms with van der Waals surface area (Å²) in [5.41, 5.74) is 0.772. The summed E-state index contributed by atoms with van der Waals surface area (Å²) in [6.07, 6.45) is 1.79. The predicted octanol–water partition coefficient (Wildman–Crippen LogP) is 2.67. The molecule has 92 valence electrons. The van der Waals surface area contributed by atoms with Crippen molar-refractivity contribution in [1.29, 1.82) is 0 Å². The fourth-order valence-electron chi connectivity index (χ4n) is 2.18. The van der Waals surface area contributed by atoms with Crippen LogP contribution in [0.2, 0.25) is 5.02 Å². The summed E-state index contributed by atoms with van der Waals surface area (Å²) in [4.78, 5) is 12.0. The molecule has 1 aromatic carbocycles. The van der Waals surface area contributed by atoms with E-state index in [0.717, 1.165) is 25.1 Å². The maximum Gasteiger partial charge on any atom is 0.227 e. The van der Waals surface area contributed by atoms with Gasteiger partial charge in [-0.15, -0.1) is 0 Å². The van der Waals surface area contributed by atoms with Crippen molar-refractivity contribution in [3.05, 3.63) is 29.3 Å². The SMILES string of the molecule is C[C@H]1C[C@@H](C(=O)Nc2cccc(Cl)c2)CCN1. The Morgan fingerprint density at radius 3 is 3.06 bits per heavy atom. The minimum absolute atomic E-state index is 0.0978. The second kappa shape index (κ2) is 5.52. The lowest BCUT2D eigenvalue weighted by Crippen LogP contribution is -2.40. The molecule has 0 spiro atoms. The second-order valence-corrected chi connectivity index (χ2v) is 5.01. The van der Waals surface area contributed by atoms with Gasteiger partial charge in [0.25, 0.3) is 0 Å². The number of hydrogen-bond acceptors (Lipinski definition) is 2. The minimum Gasteiger partial charge on any atom is -0.326 e. The van der Waals surface area contributed by atoms with Crippen molar-refractivity contribution in [1.82, 2.24) is 5.32 Å². The zero-order valence-corrected chi connectivity index (χ0v) is 10.6. The summed E-state index contributed by atoms with van der Waals surface area (Å²) in [7, 11) is 0. The topological polar surface area (TPSA) is 41.1 Å². The molecule has 1 heterocycles. The van der Waals surface area contributed by atoms with Crippen molar-refractivity contribution in [3.63, 3.8) is 0 Å². The van der Waals surface area contributed by atoms with Gasteiger partial charge in [0.2, 0.25) is 5.91 Å². The van der Waals surface area contributed by atoms with E-state index in [2.05, 4.69) is 17.6 Å². The highest BCUT2D eigenvalue weighted by molar-refractivity contribution is 6.30. The third-order valence-corrected chi connectivity index (χ3v) is 3.32. The first-order chi connectivity index (χ1) is 8.15. The fourth-order valence-corrected chi connectivity index (χ4v) is 2.37. The van der Waals surface area contributed by atoms with E-state index >= 15 is 0 Å². The van der Waals surface area contributed by atoms with Crippen molar-refractivity contribution in [2.75, 3.05) is 11.9 Å². The van der Waals surface area contributed by atoms with Crippen LogP contribution in [0.1, 0.15) is 19.8 Å². The molecule has 0 bridgehead atoms. The van der Waals surface area contributed by atoms with Crippen molar-refractivity contribution in [3.8, 4) is 0 Å². The molecular formula is C13H17ClN2O. The molecule has 1 aliphatic heterocycles. The molecule has 1 fully saturated rings. The van der Waals surface area contributed by atoms with Gasteiger partial charge in [0.05, 0.1) is 0 Å². The van der Waals surface area contributed by atoms with Crippen LogP contribution in [0.25, 0.3) is 0 Å². The van der Waals surface area contributed by atoms with E-state index in [-0.39, 0.29) is 11.8 Å². The van der Waals surface area contributed by atoms with Crippen molar-refractivity contribution in [2.45, 2.75) is 25.8 Å². The monoisotopic (exact) mass is 252 g/mol. The number of carbonyl (C=O) groups excluding carboxylic acids is 1. The summed E-state index contributed by atoms with van der Waals surface area (Å²) in [6.45, 7) is 3.02. The van der Waals surface area contributed by atoms with E-state index in [1.54, 1.807) is 12.1 Å². The molecule has 0 radical (unpaired) electrons. The molecule has 0 unspecified atom stereocenters. The van der Waals surface area contributed by atoms with Gasteiger partial charge < -0.3 is 10.6 Å². The van der Waals surface area contributed by atoms with Crippen molar-refractivity contribution < 1.29 is 4.79 Å². The summed E-state index contributed by atoms with van der Waals surface area (Å²) in [5, 5.41) is 6.90. The maximum atomic E-state index is 12.0. The number of rotatable bonds is 2. The molecule has 17 heavy (non-hydrogen) atoms. The normalized spacial score (nSPS) is 24.4. The Bertz CT molecular complexity index is 408. The third-order valence-electron chi connectivity index (χ3n) is 3.09. The Morgan fingerprint density at radius 2 is 2.35 bits per heavy atom. The van der Waals surface area contributed by atoms with Crippen LogP contribution in [0.15, 0.2) is 24.3 Å². The molecule has 2 rings (SSSR count). The number of benzene rings is 1. The highest BCUT2D eigenvalue weighted by Crippen LogP contribution is 2.20. The van der Waals surface area contributed by atoms with E-state index in [0.29, 0.717) is 11.1 Å². The number of piperidine rings is 1. The molecule has 1 amide bonds. The highest BCUT2D eigenvalue weighted by atomic mass is 35.5. The van der Waals surface area contributed by atoms with Crippen LogP contribution in [0.3, 0.4) is 0 Å². The van der Waals surface area contributed by atoms with E-state index < -0.39 is 0 Å². The zero-order valence-electron chi connectivity index (χ0n) is 9.87. The fraction of sp³-hybridized carbons (Fsp3) is 0.462. The zero-order chi connectivity index (χ0) is 12.3. The van der Waals surface area contributed by atoms with Gasteiger partial charge in [-0.05, 0) is 44.5 Å². The van der Waals surface area contributed by atoms with Crippen molar-refractivity contribution in [2.24, 2.45) is 5.92 Å². The average Bonchev–Trinajstić information content (AvgIpc) is 2.29. The summed E-state index contributed by atoms with van der Waals surface area (Å²) >= 11 is 5.88. The lowest BCUT2D eigenvalue weighted by molar-refractivity contribution is -0.120. The number of anilines is 1. The lowest BCUT2D eigenvalue weighted by atomic mass is 9.92. The maximum absolute atomic E-state index is 12.0. The summed E-state index contributed by atoms with van der Waals surface area (Å²) in [5.74, 6) is 0.200. The minimum atomic E-state index is 0.0978. The van der Waals surface area contributed by atoms with E-state index in [9.17, 15) is 4.79 Å². The molecule has 0 aliphatic carbocycles. The Kier molecular flexibility index (Phi) is 4.02. The molecule has 2 atom stereocenters. The molecule has 1 aromatic rings. The van der Waals surface area contributed by atoms with Crippen LogP contribution in [0.4, 0.5) is 5.69 Å². The Hall–Kier alpha value is -1.06. The van der Waals surface area contributed by atoms with Crippen LogP contribution in [-0.4, -0.2) is 18.5 Å². The van der Waals surface area contributed by atoms with Gasteiger partial charge in [-0.25, -0.2) is 0 Å². The van der Waals surface area contributed by atoms with Crippen LogP contribution in [0.5, 0.6) is 0 Å². The molecule has 1 aliphatic rings. The third kappa shape index (κ3) is 3.45. The first-order valence-corrected chi connectivity index (χ1v) is 6.33. The van der Waals surface area contributed by atoms with Gasteiger partial charge in [0.15, 0.2) is 0 Å². The summed E-state index contributed by atoms with van der Waals surface area (Å²) < 4.78 is 0. The highest BCUT2D eigenvalue weighted by Gasteiger charge is 2.24. The number of amides is 1. The standard InChI is InChI=1S/C13H17ClN2O/c1-9-7-10(5-6-15-9)13(17)16-12-4-2-3-11(14)8-12/h2-4,8-10,15H,5-7H2,1H3,(H,16,17)/t9-,10-/m0/s1. The first-order valence-electron chi connectivity index (χ1n) is 5.95. The first kappa shape index (κ1) is 12.4. The number of nitrogens with one attached hydrogen (secondary N) is 2. The number of carbonyl (C=O) groups is 1. The van der Waals surface area contributed by atoms with Crippen LogP contribution >= 0.6 is 11.6 Å². The molecule has 4 heteroatoms. The van der Waals surface area contributed by atoms with Crippen molar-refractivity contribution >= 4 is 23.2 Å². The van der Waals surface area contributed by atoms with E-state index in [1.807, 2.05) is 12.1 Å². The van der Waals surface area contributed by atoms with E-state index in [1.165, 1.54) is 0 Å². The molecule has 1 saturated heterocycles. The molecule has 2 N–H and O–H groups in total. The van der Waals surface area contributed by atoms with Gasteiger partial charge in [-0.3, -0.25) is 4.79 Å². The molecular weight excluding hydrogens is 236 g/mol. The van der Waals surface area contributed by atoms with Crippen LogP contribution in [-0.2, 0) is 4.79 Å². The molecule has 0 saturated carbocycles. The quantitative estimate of drug-likeness (QED) is 0.850.